The van der Waals surface area contributed by atoms with E-state index in [-0.39, 0.29) is 16.9 Å². The Morgan fingerprint density at radius 1 is 1.46 bits per heavy atom. The minimum atomic E-state index is -1.16. The molecule has 1 aliphatic heterocycles. The van der Waals surface area contributed by atoms with Gasteiger partial charge >= 0.3 is 0 Å². The molecule has 0 bridgehead atoms. The summed E-state index contributed by atoms with van der Waals surface area (Å²) in [5.41, 5.74) is 0.290. The smallest absolute Gasteiger partial charge is 0.266 e. The Bertz CT molecular complexity index is 894. The molecule has 2 aromatic rings. The zero-order valence-electron chi connectivity index (χ0n) is 13.7. The number of amides is 1. The van der Waals surface area contributed by atoms with Crippen LogP contribution in [0, 0.1) is 11.3 Å². The molecule has 3 rings (SSSR count). The van der Waals surface area contributed by atoms with E-state index in [0.717, 1.165) is 0 Å². The molecule has 2 aromatic heterocycles. The van der Waals surface area contributed by atoms with Crippen molar-refractivity contribution in [2.45, 2.75) is 24.5 Å². The van der Waals surface area contributed by atoms with Gasteiger partial charge in [0.25, 0.3) is 5.91 Å². The largest absolute Gasteiger partial charge is 0.387 e. The number of nitriles is 1. The quantitative estimate of drug-likeness (QED) is 0.478. The Balaban J connectivity index is 1.93. The van der Waals surface area contributed by atoms with Crippen molar-refractivity contribution in [2.75, 3.05) is 17.3 Å². The number of aliphatic hydroxyl groups is 2. The average molecular weight is 376 g/mol. The minimum Gasteiger partial charge on any atom is -0.387 e. The number of hydrogen-bond acceptors (Lipinski definition) is 9. The summed E-state index contributed by atoms with van der Waals surface area (Å²) in [5.74, 6) is -0.0769. The summed E-state index contributed by atoms with van der Waals surface area (Å²) in [6.07, 6.45) is 0.876. The van der Waals surface area contributed by atoms with E-state index in [1.807, 2.05) is 6.26 Å². The van der Waals surface area contributed by atoms with Crippen molar-refractivity contribution in [2.24, 2.45) is 0 Å². The number of aliphatic hydroxyl groups excluding tert-OH is 2. The first-order valence-electron chi connectivity index (χ1n) is 7.56. The Kier molecular flexibility index (Phi) is 5.19. The fraction of sp³-hybridized carbons (Fsp3) is 0.400. The highest BCUT2D eigenvalue weighted by Gasteiger charge is 2.44. The fourth-order valence-corrected chi connectivity index (χ4v) is 3.23. The first-order chi connectivity index (χ1) is 12.5. The van der Waals surface area contributed by atoms with Crippen LogP contribution >= 0.6 is 11.8 Å². The van der Waals surface area contributed by atoms with Gasteiger partial charge in [0.15, 0.2) is 23.2 Å². The number of anilines is 1. The number of ether oxygens (including phenoxy) is 1. The number of fused-ring (bicyclic) bond motifs is 1. The van der Waals surface area contributed by atoms with Crippen molar-refractivity contribution in [3.05, 3.63) is 24.8 Å². The van der Waals surface area contributed by atoms with Crippen molar-refractivity contribution >= 4 is 34.7 Å². The number of carbonyl (C=O) groups excluding carboxylic acids is 1. The van der Waals surface area contributed by atoms with Crippen LogP contribution in [0.25, 0.3) is 11.2 Å². The first-order valence-corrected chi connectivity index (χ1v) is 8.95. The van der Waals surface area contributed by atoms with Crippen LogP contribution in [0.3, 0.4) is 0 Å². The Labute approximate surface area is 152 Å². The zero-order chi connectivity index (χ0) is 18.8. The van der Waals surface area contributed by atoms with Crippen LogP contribution in [0.4, 0.5) is 5.82 Å². The molecule has 11 heteroatoms. The van der Waals surface area contributed by atoms with Gasteiger partial charge in [-0.1, -0.05) is 6.58 Å². The van der Waals surface area contributed by atoms with E-state index >= 15 is 0 Å². The van der Waals surface area contributed by atoms with Gasteiger partial charge in [0.2, 0.25) is 0 Å². The summed E-state index contributed by atoms with van der Waals surface area (Å²) >= 11 is 1.49. The highest BCUT2D eigenvalue weighted by molar-refractivity contribution is 7.98. The van der Waals surface area contributed by atoms with Gasteiger partial charge in [0.1, 0.15) is 30.2 Å². The van der Waals surface area contributed by atoms with Crippen LogP contribution in [0.1, 0.15) is 6.23 Å². The lowest BCUT2D eigenvalue weighted by molar-refractivity contribution is -0.112. The highest BCUT2D eigenvalue weighted by atomic mass is 32.2. The van der Waals surface area contributed by atoms with Crippen molar-refractivity contribution in [3.8, 4) is 6.07 Å². The van der Waals surface area contributed by atoms with Crippen LogP contribution < -0.4 is 5.32 Å². The Morgan fingerprint density at radius 3 is 2.92 bits per heavy atom. The van der Waals surface area contributed by atoms with Gasteiger partial charge in [-0.3, -0.25) is 9.36 Å². The van der Waals surface area contributed by atoms with E-state index in [2.05, 4.69) is 26.8 Å². The van der Waals surface area contributed by atoms with Gasteiger partial charge < -0.3 is 20.3 Å². The molecule has 4 atom stereocenters. The molecule has 0 aliphatic carbocycles. The normalized spacial score (nSPS) is 25.2. The van der Waals surface area contributed by atoms with Crippen molar-refractivity contribution in [1.82, 2.24) is 19.5 Å². The second-order valence-electron chi connectivity index (χ2n) is 5.59. The Morgan fingerprint density at radius 2 is 2.23 bits per heavy atom. The maximum Gasteiger partial charge on any atom is 0.266 e. The molecule has 3 heterocycles. The lowest BCUT2D eigenvalue weighted by Gasteiger charge is -2.16. The molecule has 0 spiro atoms. The van der Waals surface area contributed by atoms with E-state index in [1.165, 1.54) is 29.0 Å². The number of carbonyl (C=O) groups is 1. The van der Waals surface area contributed by atoms with Crippen molar-refractivity contribution < 1.29 is 19.7 Å². The maximum absolute atomic E-state index is 11.8. The molecule has 26 heavy (non-hydrogen) atoms. The number of thioether (sulfide) groups is 1. The van der Waals surface area contributed by atoms with E-state index in [1.54, 1.807) is 6.07 Å². The minimum absolute atomic E-state index is 0.101. The number of nitrogens with one attached hydrogen (secondary N) is 1. The molecule has 136 valence electrons. The van der Waals surface area contributed by atoms with Gasteiger partial charge in [-0.25, -0.2) is 15.0 Å². The molecule has 1 fully saturated rings. The summed E-state index contributed by atoms with van der Waals surface area (Å²) < 4.78 is 7.22. The highest BCUT2D eigenvalue weighted by Crippen LogP contribution is 2.33. The molecular weight excluding hydrogens is 360 g/mol. The third-order valence-electron chi connectivity index (χ3n) is 3.94. The van der Waals surface area contributed by atoms with Gasteiger partial charge in [0, 0.05) is 5.75 Å². The summed E-state index contributed by atoms with van der Waals surface area (Å²) in [6.45, 7) is 3.34. The van der Waals surface area contributed by atoms with Crippen LogP contribution in [-0.4, -0.2) is 66.0 Å². The van der Waals surface area contributed by atoms with Crippen LogP contribution in [0.2, 0.25) is 0 Å². The maximum atomic E-state index is 11.8. The fourth-order valence-electron chi connectivity index (χ4n) is 2.62. The molecule has 1 aliphatic rings. The standard InChI is InChI=1S/C15H16N6O4S/c1-7(3-16)14(24)20-12-9-13(18-5-17-12)21(6-19-9)15-11(23)10(22)8(25-15)4-26-2/h5-6,8,10-11,15,22-23H,1,4H2,2H3,(H,17,18,20,24)/t8-,10-,11-,15-/m1/s1. The monoisotopic (exact) mass is 376 g/mol. The second kappa shape index (κ2) is 7.38. The van der Waals surface area contributed by atoms with Gasteiger partial charge in [-0.05, 0) is 6.26 Å². The van der Waals surface area contributed by atoms with Gasteiger partial charge in [-0.15, -0.1) is 0 Å². The van der Waals surface area contributed by atoms with Crippen LogP contribution in [0.5, 0.6) is 0 Å². The lowest BCUT2D eigenvalue weighted by atomic mass is 10.1. The van der Waals surface area contributed by atoms with Crippen molar-refractivity contribution in [3.63, 3.8) is 0 Å². The van der Waals surface area contributed by atoms with E-state index < -0.39 is 30.4 Å². The molecule has 0 unspecified atom stereocenters. The summed E-state index contributed by atoms with van der Waals surface area (Å²) in [6, 6.07) is 1.65. The molecule has 3 N–H and O–H groups in total. The third-order valence-corrected chi connectivity index (χ3v) is 4.60. The van der Waals surface area contributed by atoms with Gasteiger partial charge in [0.05, 0.1) is 12.4 Å². The Hall–Kier alpha value is -2.52. The van der Waals surface area contributed by atoms with E-state index in [4.69, 9.17) is 10.00 Å². The molecular formula is C15H16N6O4S. The van der Waals surface area contributed by atoms with E-state index in [0.29, 0.717) is 11.4 Å². The molecule has 1 saturated heterocycles. The number of imidazole rings is 1. The van der Waals surface area contributed by atoms with Crippen molar-refractivity contribution in [1.29, 1.82) is 5.26 Å². The average Bonchev–Trinajstić information content (AvgIpc) is 3.18. The first kappa shape index (κ1) is 18.3. The predicted molar refractivity (Wildman–Crippen MR) is 93.0 cm³/mol. The molecule has 1 amide bonds. The van der Waals surface area contributed by atoms with E-state index in [9.17, 15) is 15.0 Å². The van der Waals surface area contributed by atoms with Crippen LogP contribution in [0.15, 0.2) is 24.8 Å². The number of rotatable bonds is 5. The van der Waals surface area contributed by atoms with Crippen LogP contribution in [-0.2, 0) is 9.53 Å². The summed E-state index contributed by atoms with van der Waals surface area (Å²) in [7, 11) is 0. The second-order valence-corrected chi connectivity index (χ2v) is 6.50. The number of aromatic nitrogens is 4. The predicted octanol–water partition coefficient (Wildman–Crippen LogP) is -0.173. The number of hydrogen-bond donors (Lipinski definition) is 3. The molecule has 10 nitrogen and oxygen atoms in total. The third kappa shape index (κ3) is 3.15. The molecule has 0 aromatic carbocycles. The topological polar surface area (TPSA) is 146 Å². The SMILES string of the molecule is C=C(C#N)C(=O)Nc1ncnc2c1ncn2[C@@H]1O[C@H](CSC)[C@@H](O)[C@H]1O. The molecule has 0 radical (unpaired) electrons. The lowest BCUT2D eigenvalue weighted by Crippen LogP contribution is -2.32. The van der Waals surface area contributed by atoms with Gasteiger partial charge in [-0.2, -0.15) is 17.0 Å². The molecule has 0 saturated carbocycles. The number of nitrogens with zero attached hydrogens (tertiary/aromatic N) is 5. The zero-order valence-corrected chi connectivity index (χ0v) is 14.6. The summed E-state index contributed by atoms with van der Waals surface area (Å²) in [5, 5.41) is 31.6. The summed E-state index contributed by atoms with van der Waals surface area (Å²) in [4.78, 5) is 24.1.